The number of aryl methyl sites for hydroxylation is 1. The topological polar surface area (TPSA) is 60.2 Å². The molecule has 0 aliphatic carbocycles. The number of carbonyl (C=O) groups excluding carboxylic acids is 1. The molecule has 0 saturated carbocycles. The molecule has 0 atom stereocenters. The van der Waals surface area contributed by atoms with Crippen LogP contribution >= 0.6 is 0 Å². The van der Waals surface area contributed by atoms with Crippen LogP contribution in [0.3, 0.4) is 0 Å². The number of aromatic nitrogens is 4. The Labute approximate surface area is 74.4 Å². The molecule has 0 aliphatic rings. The van der Waals surface area contributed by atoms with Gasteiger partial charge in [0, 0.05) is 13.0 Å². The molecule has 0 N–H and O–H groups in total. The van der Waals surface area contributed by atoms with Crippen molar-refractivity contribution >= 4 is 11.4 Å². The van der Waals surface area contributed by atoms with Crippen LogP contribution in [0.5, 0.6) is 0 Å². The number of carbonyl (C=O) groups is 1. The summed E-state index contributed by atoms with van der Waals surface area (Å²) in [6, 6.07) is 1.74. The molecule has 0 saturated heterocycles. The van der Waals surface area contributed by atoms with E-state index in [2.05, 4.69) is 15.3 Å². The zero-order valence-electron chi connectivity index (χ0n) is 7.35. The molecule has 5 heteroatoms. The van der Waals surface area contributed by atoms with Gasteiger partial charge >= 0.3 is 0 Å². The minimum absolute atomic E-state index is 0.0950. The van der Waals surface area contributed by atoms with Crippen LogP contribution in [0.1, 0.15) is 23.1 Å². The number of fused-ring (bicyclic) bond motifs is 1. The first-order chi connectivity index (χ1) is 6.20. The summed E-state index contributed by atoms with van der Waals surface area (Å²) in [5.41, 5.74) is 1.75. The third-order valence-corrected chi connectivity index (χ3v) is 1.87. The summed E-state index contributed by atoms with van der Waals surface area (Å²) in [5, 5.41) is 11.7. The first kappa shape index (κ1) is 7.85. The van der Waals surface area contributed by atoms with Crippen molar-refractivity contribution < 1.29 is 4.79 Å². The monoisotopic (exact) mass is 176 g/mol. The summed E-state index contributed by atoms with van der Waals surface area (Å²) in [4.78, 5) is 11.1. The molecule has 2 aromatic heterocycles. The Kier molecular flexibility index (Phi) is 1.58. The number of Topliss-reactive ketones (excluding diaryl/α,β-unsaturated/α-hetero) is 1. The normalized spacial score (nSPS) is 10.6. The molecule has 0 unspecified atom stereocenters. The lowest BCUT2D eigenvalue weighted by atomic mass is 10.2. The van der Waals surface area contributed by atoms with Crippen molar-refractivity contribution in [3.8, 4) is 0 Å². The van der Waals surface area contributed by atoms with Gasteiger partial charge in [0.05, 0.1) is 11.9 Å². The van der Waals surface area contributed by atoms with E-state index in [4.69, 9.17) is 0 Å². The van der Waals surface area contributed by atoms with E-state index < -0.39 is 0 Å². The fraction of sp³-hybridized carbons (Fsp3) is 0.250. The smallest absolute Gasteiger partial charge is 0.181 e. The van der Waals surface area contributed by atoms with Crippen molar-refractivity contribution in [1.82, 2.24) is 19.8 Å². The highest BCUT2D eigenvalue weighted by atomic mass is 16.1. The van der Waals surface area contributed by atoms with Crippen LogP contribution in [0.25, 0.3) is 5.65 Å². The summed E-state index contributed by atoms with van der Waals surface area (Å²) in [5.74, 6) is -0.0950. The first-order valence-electron chi connectivity index (χ1n) is 3.88. The van der Waals surface area contributed by atoms with E-state index in [9.17, 15) is 4.79 Å². The standard InChI is InChI=1S/C8H8N4O/c1-5-8(6(2)13)11-10-7-3-4-9-12(5)7/h3-4H,1-2H3. The maximum absolute atomic E-state index is 11.1. The van der Waals surface area contributed by atoms with E-state index in [-0.39, 0.29) is 5.78 Å². The Morgan fingerprint density at radius 3 is 2.92 bits per heavy atom. The Bertz CT molecular complexity index is 474. The Morgan fingerprint density at radius 1 is 1.46 bits per heavy atom. The van der Waals surface area contributed by atoms with E-state index in [1.165, 1.54) is 6.92 Å². The third kappa shape index (κ3) is 1.09. The van der Waals surface area contributed by atoms with Gasteiger partial charge in [-0.2, -0.15) is 5.10 Å². The van der Waals surface area contributed by atoms with Gasteiger partial charge < -0.3 is 0 Å². The van der Waals surface area contributed by atoms with Gasteiger partial charge in [-0.1, -0.05) is 0 Å². The quantitative estimate of drug-likeness (QED) is 0.598. The maximum Gasteiger partial charge on any atom is 0.181 e. The second kappa shape index (κ2) is 2.62. The van der Waals surface area contributed by atoms with Crippen LogP contribution in [0.4, 0.5) is 0 Å². The summed E-state index contributed by atoms with van der Waals surface area (Å²) >= 11 is 0. The number of nitrogens with zero attached hydrogens (tertiary/aromatic N) is 4. The molecule has 66 valence electrons. The molecule has 2 heterocycles. The van der Waals surface area contributed by atoms with Crippen LogP contribution < -0.4 is 0 Å². The van der Waals surface area contributed by atoms with Crippen molar-refractivity contribution in [2.75, 3.05) is 0 Å². The van der Waals surface area contributed by atoms with Gasteiger partial charge in [0.2, 0.25) is 0 Å². The molecule has 0 amide bonds. The minimum atomic E-state index is -0.0950. The highest BCUT2D eigenvalue weighted by Gasteiger charge is 2.10. The lowest BCUT2D eigenvalue weighted by Crippen LogP contribution is -2.08. The van der Waals surface area contributed by atoms with E-state index in [1.807, 2.05) is 0 Å². The maximum atomic E-state index is 11.1. The Balaban J connectivity index is 2.80. The van der Waals surface area contributed by atoms with Crippen molar-refractivity contribution in [2.24, 2.45) is 0 Å². The second-order valence-corrected chi connectivity index (χ2v) is 2.79. The van der Waals surface area contributed by atoms with Crippen molar-refractivity contribution in [3.05, 3.63) is 23.7 Å². The van der Waals surface area contributed by atoms with Crippen LogP contribution in [0.15, 0.2) is 12.3 Å². The van der Waals surface area contributed by atoms with Crippen LogP contribution in [-0.4, -0.2) is 25.6 Å². The van der Waals surface area contributed by atoms with Crippen molar-refractivity contribution in [1.29, 1.82) is 0 Å². The third-order valence-electron chi connectivity index (χ3n) is 1.87. The summed E-state index contributed by atoms with van der Waals surface area (Å²) < 4.78 is 1.60. The molecule has 0 fully saturated rings. The molecular weight excluding hydrogens is 168 g/mol. The lowest BCUT2D eigenvalue weighted by Gasteiger charge is -2.01. The number of hydrogen-bond acceptors (Lipinski definition) is 4. The van der Waals surface area contributed by atoms with E-state index in [0.29, 0.717) is 11.3 Å². The number of rotatable bonds is 1. The number of hydrogen-bond donors (Lipinski definition) is 0. The average molecular weight is 176 g/mol. The Morgan fingerprint density at radius 2 is 2.23 bits per heavy atom. The fourth-order valence-electron chi connectivity index (χ4n) is 1.23. The zero-order valence-corrected chi connectivity index (χ0v) is 7.35. The molecule has 0 aromatic carbocycles. The summed E-state index contributed by atoms with van der Waals surface area (Å²) in [7, 11) is 0. The van der Waals surface area contributed by atoms with Gasteiger partial charge in [-0.25, -0.2) is 4.52 Å². The first-order valence-corrected chi connectivity index (χ1v) is 3.88. The van der Waals surface area contributed by atoms with Gasteiger partial charge in [-0.3, -0.25) is 4.79 Å². The van der Waals surface area contributed by atoms with Gasteiger partial charge in [-0.05, 0) is 6.92 Å². The molecule has 0 spiro atoms. The van der Waals surface area contributed by atoms with Crippen molar-refractivity contribution in [3.63, 3.8) is 0 Å². The predicted molar refractivity (Wildman–Crippen MR) is 45.5 cm³/mol. The van der Waals surface area contributed by atoms with Crippen molar-refractivity contribution in [2.45, 2.75) is 13.8 Å². The summed E-state index contributed by atoms with van der Waals surface area (Å²) in [6.07, 6.45) is 1.63. The zero-order chi connectivity index (χ0) is 9.42. The Hall–Kier alpha value is -1.78. The predicted octanol–water partition coefficient (Wildman–Crippen LogP) is 0.635. The second-order valence-electron chi connectivity index (χ2n) is 2.79. The number of ketones is 1. The van der Waals surface area contributed by atoms with Crippen LogP contribution in [-0.2, 0) is 0 Å². The van der Waals surface area contributed by atoms with Crippen LogP contribution in [0.2, 0.25) is 0 Å². The van der Waals surface area contributed by atoms with Gasteiger partial charge in [0.1, 0.15) is 5.69 Å². The molecular formula is C8H8N4O. The van der Waals surface area contributed by atoms with E-state index >= 15 is 0 Å². The minimum Gasteiger partial charge on any atom is -0.293 e. The summed E-state index contributed by atoms with van der Waals surface area (Å²) in [6.45, 7) is 3.26. The molecule has 2 aromatic rings. The van der Waals surface area contributed by atoms with E-state index in [1.54, 1.807) is 23.7 Å². The average Bonchev–Trinajstić information content (AvgIpc) is 2.52. The van der Waals surface area contributed by atoms with Crippen LogP contribution in [0, 0.1) is 6.92 Å². The highest BCUT2D eigenvalue weighted by molar-refractivity contribution is 5.93. The van der Waals surface area contributed by atoms with Gasteiger partial charge in [-0.15, -0.1) is 10.2 Å². The molecule has 0 aliphatic heterocycles. The lowest BCUT2D eigenvalue weighted by molar-refractivity contribution is 0.101. The van der Waals surface area contributed by atoms with Gasteiger partial charge in [0.15, 0.2) is 11.4 Å². The molecule has 5 nitrogen and oxygen atoms in total. The molecule has 13 heavy (non-hydrogen) atoms. The molecule has 0 radical (unpaired) electrons. The highest BCUT2D eigenvalue weighted by Crippen LogP contribution is 2.05. The SMILES string of the molecule is CC(=O)c1nnc2ccnn2c1C. The van der Waals surface area contributed by atoms with Gasteiger partial charge in [0.25, 0.3) is 0 Å². The fourth-order valence-corrected chi connectivity index (χ4v) is 1.23. The molecule has 2 rings (SSSR count). The molecule has 0 bridgehead atoms. The van der Waals surface area contributed by atoms with E-state index in [0.717, 1.165) is 5.69 Å². The largest absolute Gasteiger partial charge is 0.293 e.